The highest BCUT2D eigenvalue weighted by Crippen LogP contribution is 2.26. The fraction of sp³-hybridized carbons (Fsp3) is 0. The van der Waals surface area contributed by atoms with Gasteiger partial charge in [-0.2, -0.15) is 24.0 Å². The van der Waals surface area contributed by atoms with Gasteiger partial charge in [0, 0.05) is 5.39 Å². The molecule has 0 spiro atoms. The lowest BCUT2D eigenvalue weighted by atomic mass is 10.1. The second-order valence-corrected chi connectivity index (χ2v) is 5.38. The Labute approximate surface area is 120 Å². The number of fused-ring (bicyclic) bond motifs is 1. The van der Waals surface area contributed by atoms with Crippen molar-refractivity contribution in [2.45, 2.75) is 4.90 Å². The molecule has 0 aliphatic heterocycles. The molecule has 21 heavy (non-hydrogen) atoms. The number of nitrogens with zero attached hydrogens (tertiary/aromatic N) is 3. The zero-order valence-corrected chi connectivity index (χ0v) is 11.3. The van der Waals surface area contributed by atoms with Gasteiger partial charge in [0.05, 0.1) is 10.6 Å². The summed E-state index contributed by atoms with van der Waals surface area (Å²) in [4.78, 5) is -0.217. The maximum atomic E-state index is 11.1. The number of hydrogen-bond donors (Lipinski definition) is 2. The number of hydrazone groups is 1. The Bertz CT molecular complexity index is 905. The van der Waals surface area contributed by atoms with Crippen LogP contribution in [0.4, 0.5) is 5.69 Å². The molecule has 2 N–H and O–H groups in total. The molecule has 0 unspecified atom stereocenters. The van der Waals surface area contributed by atoms with Crippen LogP contribution in [-0.4, -0.2) is 18.7 Å². The molecule has 2 aromatic carbocycles. The zero-order valence-electron chi connectivity index (χ0n) is 10.5. The van der Waals surface area contributed by atoms with Gasteiger partial charge in [-0.25, -0.2) is 0 Å². The van der Waals surface area contributed by atoms with Crippen molar-refractivity contribution in [2.24, 2.45) is 5.10 Å². The van der Waals surface area contributed by atoms with E-state index in [0.29, 0.717) is 16.5 Å². The molecule has 0 bridgehead atoms. The lowest BCUT2D eigenvalue weighted by Crippen LogP contribution is -1.99. The van der Waals surface area contributed by atoms with Crippen LogP contribution in [0.3, 0.4) is 0 Å². The maximum absolute atomic E-state index is 11.1. The third-order valence-corrected chi connectivity index (χ3v) is 3.50. The van der Waals surface area contributed by atoms with Crippen LogP contribution in [0.1, 0.15) is 0 Å². The average molecular weight is 300 g/mol. The first-order valence-electron chi connectivity index (χ1n) is 5.60. The van der Waals surface area contributed by atoms with Crippen LogP contribution in [0.15, 0.2) is 46.4 Å². The van der Waals surface area contributed by atoms with Gasteiger partial charge >= 0.3 is 0 Å². The Kier molecular flexibility index (Phi) is 3.85. The lowest BCUT2D eigenvalue weighted by molar-refractivity contribution is 0.483. The zero-order chi connectivity index (χ0) is 15.5. The molecule has 2 rings (SSSR count). The van der Waals surface area contributed by atoms with Gasteiger partial charge in [0.15, 0.2) is 0 Å². The predicted molar refractivity (Wildman–Crippen MR) is 76.0 cm³/mol. The Balaban J connectivity index is 2.51. The molecule has 7 nitrogen and oxygen atoms in total. The lowest BCUT2D eigenvalue weighted by Gasteiger charge is -2.06. The number of rotatable bonds is 3. The molecule has 0 saturated carbocycles. The molecule has 8 heteroatoms. The van der Waals surface area contributed by atoms with Gasteiger partial charge in [-0.3, -0.25) is 9.98 Å². The first-order valence-corrected chi connectivity index (χ1v) is 7.04. The molecule has 0 saturated heterocycles. The molecule has 0 aliphatic carbocycles. The molecule has 104 valence electrons. The Hall–Kier alpha value is -2.94. The fourth-order valence-electron chi connectivity index (χ4n) is 1.71. The largest absolute Gasteiger partial charge is 0.294 e. The van der Waals surface area contributed by atoms with Crippen LogP contribution in [-0.2, 0) is 10.1 Å². The van der Waals surface area contributed by atoms with Crippen molar-refractivity contribution < 1.29 is 13.0 Å². The topological polar surface area (TPSA) is 126 Å². The van der Waals surface area contributed by atoms with E-state index in [1.54, 1.807) is 30.3 Å². The first kappa shape index (κ1) is 14.5. The molecule has 0 aliphatic rings. The van der Waals surface area contributed by atoms with Gasteiger partial charge in [-0.1, -0.05) is 18.2 Å². The van der Waals surface area contributed by atoms with E-state index in [9.17, 15) is 8.42 Å². The van der Waals surface area contributed by atoms with E-state index in [0.717, 1.165) is 0 Å². The van der Waals surface area contributed by atoms with Crippen LogP contribution in [0.2, 0.25) is 0 Å². The smallest absolute Gasteiger partial charge is 0.282 e. The number of nitriles is 2. The minimum absolute atomic E-state index is 0.217. The second-order valence-electron chi connectivity index (χ2n) is 3.96. The quantitative estimate of drug-likeness (QED) is 0.506. The Morgan fingerprint density at radius 1 is 1.19 bits per heavy atom. The summed E-state index contributed by atoms with van der Waals surface area (Å²) in [6.07, 6.45) is 0. The highest BCUT2D eigenvalue weighted by Gasteiger charge is 2.10. The molecule has 0 amide bonds. The highest BCUT2D eigenvalue weighted by atomic mass is 32.2. The third-order valence-electron chi connectivity index (χ3n) is 2.65. The van der Waals surface area contributed by atoms with Crippen molar-refractivity contribution in [3.05, 3.63) is 36.4 Å². The minimum Gasteiger partial charge on any atom is -0.282 e. The second kappa shape index (κ2) is 5.59. The molecule has 0 heterocycles. The van der Waals surface area contributed by atoms with E-state index in [4.69, 9.17) is 15.1 Å². The summed E-state index contributed by atoms with van der Waals surface area (Å²) >= 11 is 0. The number of anilines is 1. The van der Waals surface area contributed by atoms with Gasteiger partial charge < -0.3 is 0 Å². The van der Waals surface area contributed by atoms with Gasteiger partial charge in [-0.05, 0) is 23.6 Å². The predicted octanol–water partition coefficient (Wildman–Crippen LogP) is 1.90. The average Bonchev–Trinajstić information content (AvgIpc) is 2.47. The van der Waals surface area contributed by atoms with Gasteiger partial charge in [0.2, 0.25) is 5.71 Å². The summed E-state index contributed by atoms with van der Waals surface area (Å²) in [6.45, 7) is 0. The molecule has 0 aromatic heterocycles. The van der Waals surface area contributed by atoms with Gasteiger partial charge in [-0.15, -0.1) is 0 Å². The fourth-order valence-corrected chi connectivity index (χ4v) is 2.23. The van der Waals surface area contributed by atoms with Crippen molar-refractivity contribution in [3.8, 4) is 12.1 Å². The van der Waals surface area contributed by atoms with Gasteiger partial charge in [0.1, 0.15) is 12.1 Å². The highest BCUT2D eigenvalue weighted by molar-refractivity contribution is 7.85. The van der Waals surface area contributed by atoms with E-state index < -0.39 is 10.1 Å². The van der Waals surface area contributed by atoms with Crippen molar-refractivity contribution in [1.29, 1.82) is 10.5 Å². The summed E-state index contributed by atoms with van der Waals surface area (Å²) in [5.41, 5.74) is 2.74. The molecular weight excluding hydrogens is 292 g/mol. The van der Waals surface area contributed by atoms with E-state index >= 15 is 0 Å². The van der Waals surface area contributed by atoms with Crippen LogP contribution in [0.5, 0.6) is 0 Å². The standard InChI is InChI=1S/C13H8N4O3S/c14-7-10(8-15)16-17-13-3-1-2-9-6-11(21(18,19)20)4-5-12(9)13/h1-6,17H,(H,18,19,20). The molecular formula is C13H8N4O3S. The Morgan fingerprint density at radius 3 is 2.52 bits per heavy atom. The summed E-state index contributed by atoms with van der Waals surface area (Å²) in [7, 11) is -4.27. The molecule has 0 fully saturated rings. The summed E-state index contributed by atoms with van der Waals surface area (Å²) in [5, 5.41) is 22.0. The van der Waals surface area contributed by atoms with E-state index in [2.05, 4.69) is 10.5 Å². The maximum Gasteiger partial charge on any atom is 0.294 e. The monoisotopic (exact) mass is 300 g/mol. The van der Waals surface area contributed by atoms with Crippen LogP contribution < -0.4 is 5.43 Å². The minimum atomic E-state index is -4.27. The van der Waals surface area contributed by atoms with Crippen LogP contribution >= 0.6 is 0 Å². The van der Waals surface area contributed by atoms with E-state index in [1.807, 2.05) is 0 Å². The number of benzene rings is 2. The molecule has 0 radical (unpaired) electrons. The SMILES string of the molecule is N#CC(C#N)=NNc1cccc2cc(S(=O)(=O)O)ccc12. The summed E-state index contributed by atoms with van der Waals surface area (Å²) in [6, 6.07) is 12.3. The van der Waals surface area contributed by atoms with Crippen molar-refractivity contribution in [2.75, 3.05) is 5.43 Å². The van der Waals surface area contributed by atoms with E-state index in [1.165, 1.54) is 18.2 Å². The van der Waals surface area contributed by atoms with E-state index in [-0.39, 0.29) is 10.6 Å². The normalized spacial score (nSPS) is 10.4. The summed E-state index contributed by atoms with van der Waals surface area (Å²) in [5.74, 6) is 0. The van der Waals surface area contributed by atoms with Crippen molar-refractivity contribution >= 4 is 32.3 Å². The molecule has 2 aromatic rings. The summed E-state index contributed by atoms with van der Waals surface area (Å²) < 4.78 is 31.2. The Morgan fingerprint density at radius 2 is 1.90 bits per heavy atom. The van der Waals surface area contributed by atoms with Gasteiger partial charge in [0.25, 0.3) is 10.1 Å². The number of hydrogen-bond acceptors (Lipinski definition) is 6. The molecule has 0 atom stereocenters. The van der Waals surface area contributed by atoms with Crippen molar-refractivity contribution in [1.82, 2.24) is 0 Å². The van der Waals surface area contributed by atoms with Crippen LogP contribution in [0, 0.1) is 22.7 Å². The van der Waals surface area contributed by atoms with Crippen molar-refractivity contribution in [3.63, 3.8) is 0 Å². The first-order chi connectivity index (χ1) is 9.95. The number of nitrogens with one attached hydrogen (secondary N) is 1. The van der Waals surface area contributed by atoms with Crippen LogP contribution in [0.25, 0.3) is 10.8 Å². The third kappa shape index (κ3) is 3.15.